The minimum atomic E-state index is -0.288. The summed E-state index contributed by atoms with van der Waals surface area (Å²) in [7, 11) is 0. The Morgan fingerprint density at radius 3 is 2.42 bits per heavy atom. The van der Waals surface area contributed by atoms with Gasteiger partial charge in [-0.2, -0.15) is 5.10 Å². The van der Waals surface area contributed by atoms with Gasteiger partial charge in [-0.1, -0.05) is 37.3 Å². The molecule has 1 amide bonds. The van der Waals surface area contributed by atoms with E-state index in [0.29, 0.717) is 5.82 Å². The zero-order valence-corrected chi connectivity index (χ0v) is 17.7. The maximum atomic E-state index is 12.5. The molecule has 7 heteroatoms. The molecule has 7 nitrogen and oxygen atoms in total. The largest absolute Gasteiger partial charge is 0.368 e. The summed E-state index contributed by atoms with van der Waals surface area (Å²) in [5.74, 6) is 0.446. The van der Waals surface area contributed by atoms with Crippen LogP contribution < -0.4 is 20.7 Å². The molecule has 0 atom stereocenters. The Kier molecular flexibility index (Phi) is 6.31. The lowest BCUT2D eigenvalue weighted by Crippen LogP contribution is -2.47. The van der Waals surface area contributed by atoms with Gasteiger partial charge in [-0.25, -0.2) is 4.68 Å². The number of carbonyl (C=O) groups excluding carboxylic acids is 1. The first-order chi connectivity index (χ1) is 15.1. The molecule has 0 bridgehead atoms. The number of aromatic nitrogens is 2. The van der Waals surface area contributed by atoms with Crippen LogP contribution in [0.1, 0.15) is 12.5 Å². The zero-order chi connectivity index (χ0) is 21.6. The van der Waals surface area contributed by atoms with Crippen LogP contribution in [-0.2, 0) is 17.8 Å². The number of piperazine rings is 1. The second-order valence-electron chi connectivity index (χ2n) is 7.60. The highest BCUT2D eigenvalue weighted by atomic mass is 16.2. The summed E-state index contributed by atoms with van der Waals surface area (Å²) in [6, 6.07) is 21.3. The molecule has 2 heterocycles. The maximum Gasteiger partial charge on any atom is 0.267 e. The van der Waals surface area contributed by atoms with Crippen molar-refractivity contribution in [2.75, 3.05) is 41.3 Å². The Morgan fingerprint density at radius 2 is 1.68 bits per heavy atom. The van der Waals surface area contributed by atoms with Crippen molar-refractivity contribution in [3.8, 4) is 0 Å². The van der Waals surface area contributed by atoms with Gasteiger partial charge < -0.3 is 15.1 Å². The van der Waals surface area contributed by atoms with E-state index in [2.05, 4.69) is 39.3 Å². The number of nitrogens with one attached hydrogen (secondary N) is 1. The molecule has 0 aliphatic carbocycles. The van der Waals surface area contributed by atoms with Crippen molar-refractivity contribution >= 4 is 23.1 Å². The summed E-state index contributed by atoms with van der Waals surface area (Å²) in [5.41, 5.74) is 2.79. The standard InChI is InChI=1S/C24H27N5O2/c1-2-19-7-6-8-20(17-19)25-23(30)18-29-24(31)12-11-22(26-29)28-15-13-27(14-16-28)21-9-4-3-5-10-21/h3-12,17H,2,13-16,18H2,1H3,(H,25,30). The van der Waals surface area contributed by atoms with Crippen LogP contribution in [0.4, 0.5) is 17.2 Å². The molecular weight excluding hydrogens is 390 g/mol. The lowest BCUT2D eigenvalue weighted by atomic mass is 10.1. The van der Waals surface area contributed by atoms with Crippen LogP contribution in [0.25, 0.3) is 0 Å². The van der Waals surface area contributed by atoms with E-state index < -0.39 is 0 Å². The van der Waals surface area contributed by atoms with Crippen LogP contribution in [0, 0.1) is 0 Å². The van der Waals surface area contributed by atoms with Gasteiger partial charge in [0.15, 0.2) is 0 Å². The lowest BCUT2D eigenvalue weighted by Gasteiger charge is -2.36. The fraction of sp³-hybridized carbons (Fsp3) is 0.292. The van der Waals surface area contributed by atoms with Crippen molar-refractivity contribution in [2.24, 2.45) is 0 Å². The molecule has 1 aliphatic heterocycles. The Hall–Kier alpha value is -3.61. The summed E-state index contributed by atoms with van der Waals surface area (Å²) in [5, 5.41) is 7.32. The van der Waals surface area contributed by atoms with Crippen molar-refractivity contribution in [3.63, 3.8) is 0 Å². The highest BCUT2D eigenvalue weighted by Crippen LogP contribution is 2.18. The number of hydrogen-bond acceptors (Lipinski definition) is 5. The van der Waals surface area contributed by atoms with Crippen molar-refractivity contribution in [2.45, 2.75) is 19.9 Å². The molecule has 1 aliphatic rings. The van der Waals surface area contributed by atoms with E-state index >= 15 is 0 Å². The molecule has 1 N–H and O–H groups in total. The summed E-state index contributed by atoms with van der Waals surface area (Å²) in [4.78, 5) is 29.3. The van der Waals surface area contributed by atoms with Crippen LogP contribution >= 0.6 is 0 Å². The molecule has 0 unspecified atom stereocenters. The second-order valence-corrected chi connectivity index (χ2v) is 7.60. The van der Waals surface area contributed by atoms with Crippen molar-refractivity contribution in [1.29, 1.82) is 0 Å². The molecule has 0 radical (unpaired) electrons. The maximum absolute atomic E-state index is 12.5. The first-order valence-corrected chi connectivity index (χ1v) is 10.6. The van der Waals surface area contributed by atoms with Crippen molar-refractivity contribution < 1.29 is 4.79 Å². The number of aryl methyl sites for hydroxylation is 1. The first kappa shape index (κ1) is 20.7. The molecule has 4 rings (SSSR count). The van der Waals surface area contributed by atoms with Gasteiger partial charge in [-0.15, -0.1) is 0 Å². The minimum absolute atomic E-state index is 0.118. The number of amides is 1. The first-order valence-electron chi connectivity index (χ1n) is 10.6. The van der Waals surface area contributed by atoms with E-state index in [1.165, 1.54) is 16.4 Å². The average molecular weight is 418 g/mol. The summed E-state index contributed by atoms with van der Waals surface area (Å²) < 4.78 is 1.23. The van der Waals surface area contributed by atoms with Gasteiger partial charge >= 0.3 is 0 Å². The molecule has 160 valence electrons. The van der Waals surface area contributed by atoms with Gasteiger partial charge in [0, 0.05) is 43.6 Å². The van der Waals surface area contributed by atoms with Gasteiger partial charge in [0.1, 0.15) is 12.4 Å². The molecule has 0 saturated carbocycles. The van der Waals surface area contributed by atoms with Gasteiger partial charge in [-0.3, -0.25) is 9.59 Å². The average Bonchev–Trinajstić information content (AvgIpc) is 2.81. The highest BCUT2D eigenvalue weighted by molar-refractivity contribution is 5.90. The number of nitrogens with zero attached hydrogens (tertiary/aromatic N) is 4. The number of carbonyl (C=O) groups is 1. The SMILES string of the molecule is CCc1cccc(NC(=O)Cn2nc(N3CCN(c4ccccc4)CC3)ccc2=O)c1. The van der Waals surface area contributed by atoms with E-state index in [1.807, 2.05) is 42.5 Å². The molecule has 1 fully saturated rings. The molecule has 1 saturated heterocycles. The topological polar surface area (TPSA) is 70.5 Å². The van der Waals surface area contributed by atoms with Crippen LogP contribution in [0.3, 0.4) is 0 Å². The number of para-hydroxylation sites is 1. The predicted octanol–water partition coefficient (Wildman–Crippen LogP) is 2.77. The van der Waals surface area contributed by atoms with Gasteiger partial charge in [0.25, 0.3) is 5.56 Å². The summed E-state index contributed by atoms with van der Waals surface area (Å²) >= 11 is 0. The minimum Gasteiger partial charge on any atom is -0.368 e. The van der Waals surface area contributed by atoms with Gasteiger partial charge in [0.2, 0.25) is 5.91 Å². The Labute approximate surface area is 181 Å². The quantitative estimate of drug-likeness (QED) is 0.668. The van der Waals surface area contributed by atoms with Crippen LogP contribution in [-0.4, -0.2) is 41.9 Å². The monoisotopic (exact) mass is 417 g/mol. The van der Waals surface area contributed by atoms with Gasteiger partial charge in [-0.05, 0) is 42.3 Å². The summed E-state index contributed by atoms with van der Waals surface area (Å²) in [6.45, 7) is 5.30. The predicted molar refractivity (Wildman–Crippen MR) is 124 cm³/mol. The third kappa shape index (κ3) is 5.12. The van der Waals surface area contributed by atoms with E-state index in [0.717, 1.165) is 43.9 Å². The highest BCUT2D eigenvalue weighted by Gasteiger charge is 2.19. The Bertz CT molecular complexity index is 1090. The molecular formula is C24H27N5O2. The third-order valence-electron chi connectivity index (χ3n) is 5.49. The van der Waals surface area contributed by atoms with Crippen LogP contribution in [0.5, 0.6) is 0 Å². The van der Waals surface area contributed by atoms with E-state index in [4.69, 9.17) is 0 Å². The third-order valence-corrected chi connectivity index (χ3v) is 5.49. The van der Waals surface area contributed by atoms with Crippen molar-refractivity contribution in [1.82, 2.24) is 9.78 Å². The number of benzene rings is 2. The van der Waals surface area contributed by atoms with Crippen molar-refractivity contribution in [3.05, 3.63) is 82.6 Å². The molecule has 1 aromatic heterocycles. The second kappa shape index (κ2) is 9.47. The normalized spacial score (nSPS) is 13.8. The van der Waals surface area contributed by atoms with Crippen LogP contribution in [0.15, 0.2) is 71.5 Å². The van der Waals surface area contributed by atoms with Gasteiger partial charge in [0.05, 0.1) is 0 Å². The smallest absolute Gasteiger partial charge is 0.267 e. The van der Waals surface area contributed by atoms with E-state index in [9.17, 15) is 9.59 Å². The number of rotatable bonds is 6. The van der Waals surface area contributed by atoms with E-state index in [1.54, 1.807) is 6.07 Å². The fourth-order valence-electron chi connectivity index (χ4n) is 3.76. The Balaban J connectivity index is 1.40. The number of hydrogen-bond donors (Lipinski definition) is 1. The zero-order valence-electron chi connectivity index (χ0n) is 17.7. The molecule has 3 aromatic rings. The number of anilines is 3. The molecule has 2 aromatic carbocycles. The Morgan fingerprint density at radius 1 is 0.935 bits per heavy atom. The van der Waals surface area contributed by atoms with E-state index in [-0.39, 0.29) is 18.0 Å². The summed E-state index contributed by atoms with van der Waals surface area (Å²) in [6.07, 6.45) is 0.893. The fourth-order valence-corrected chi connectivity index (χ4v) is 3.76. The molecule has 0 spiro atoms. The lowest BCUT2D eigenvalue weighted by molar-refractivity contribution is -0.117. The molecule has 31 heavy (non-hydrogen) atoms. The van der Waals surface area contributed by atoms with Crippen LogP contribution in [0.2, 0.25) is 0 Å².